The van der Waals surface area contributed by atoms with Crippen molar-refractivity contribution in [3.63, 3.8) is 0 Å². The summed E-state index contributed by atoms with van der Waals surface area (Å²) in [6.45, 7) is 3.25. The fraction of sp³-hybridized carbons (Fsp3) is 0.100. The number of nitrogens with zero attached hydrogens (tertiary/aromatic N) is 1. The molecule has 1 aromatic rings. The summed E-state index contributed by atoms with van der Waals surface area (Å²) in [4.78, 5) is 20.6. The summed E-state index contributed by atoms with van der Waals surface area (Å²) in [6.07, 6.45) is 1.12. The number of nitrogens with one attached hydrogen (secondary N) is 1. The first-order valence-electron chi connectivity index (χ1n) is 4.90. The number of sulfonamides is 1. The van der Waals surface area contributed by atoms with E-state index in [-0.39, 0.29) is 11.3 Å². The van der Waals surface area contributed by atoms with E-state index in [1.54, 1.807) is 0 Å². The van der Waals surface area contributed by atoms with Gasteiger partial charge in [-0.2, -0.15) is 0 Å². The molecule has 0 saturated carbocycles. The highest BCUT2D eigenvalue weighted by atomic mass is 32.2. The van der Waals surface area contributed by atoms with Crippen molar-refractivity contribution in [3.8, 4) is 0 Å². The Labute approximate surface area is 108 Å². The van der Waals surface area contributed by atoms with E-state index in [1.807, 2.05) is 4.72 Å². The number of carboxylic acid groups (broad SMARTS) is 1. The maximum atomic E-state index is 11.5. The van der Waals surface area contributed by atoms with Gasteiger partial charge in [0.25, 0.3) is 5.69 Å². The Morgan fingerprint density at radius 2 is 2.16 bits per heavy atom. The molecule has 0 aliphatic heterocycles. The van der Waals surface area contributed by atoms with Gasteiger partial charge >= 0.3 is 5.97 Å². The van der Waals surface area contributed by atoms with Crippen molar-refractivity contribution in [2.24, 2.45) is 0 Å². The van der Waals surface area contributed by atoms with Gasteiger partial charge in [0.1, 0.15) is 5.69 Å². The van der Waals surface area contributed by atoms with Crippen LogP contribution in [0.3, 0.4) is 0 Å². The Kier molecular flexibility index (Phi) is 4.22. The fourth-order valence-electron chi connectivity index (χ4n) is 1.27. The zero-order valence-electron chi connectivity index (χ0n) is 9.57. The Morgan fingerprint density at radius 3 is 2.63 bits per heavy atom. The minimum atomic E-state index is -3.79. The van der Waals surface area contributed by atoms with Crippen LogP contribution in [0.5, 0.6) is 0 Å². The highest BCUT2D eigenvalue weighted by Crippen LogP contribution is 2.26. The number of rotatable bonds is 6. The second-order valence-corrected chi connectivity index (χ2v) is 5.23. The summed E-state index contributed by atoms with van der Waals surface area (Å²) >= 11 is 0. The predicted molar refractivity (Wildman–Crippen MR) is 67.7 cm³/mol. The molecule has 0 unspecified atom stereocenters. The van der Waals surface area contributed by atoms with Crippen molar-refractivity contribution in [3.05, 3.63) is 46.5 Å². The Balaban J connectivity index is 3.25. The van der Waals surface area contributed by atoms with Crippen molar-refractivity contribution >= 4 is 27.4 Å². The molecule has 0 fully saturated rings. The van der Waals surface area contributed by atoms with Crippen LogP contribution in [0.25, 0.3) is 0 Å². The van der Waals surface area contributed by atoms with Crippen LogP contribution in [0.15, 0.2) is 30.9 Å². The first-order valence-corrected chi connectivity index (χ1v) is 6.55. The summed E-state index contributed by atoms with van der Waals surface area (Å²) in [5.74, 6) is -1.76. The molecule has 0 heterocycles. The van der Waals surface area contributed by atoms with Crippen molar-refractivity contribution in [2.45, 2.75) is 0 Å². The second kappa shape index (κ2) is 5.48. The van der Waals surface area contributed by atoms with Gasteiger partial charge in [0.05, 0.1) is 16.2 Å². The molecule has 0 bridgehead atoms. The molecule has 0 aliphatic carbocycles. The fourth-order valence-corrected chi connectivity index (χ4v) is 2.17. The number of carbonyl (C=O) groups is 1. The molecule has 8 nitrogen and oxygen atoms in total. The van der Waals surface area contributed by atoms with E-state index < -0.39 is 32.4 Å². The largest absolute Gasteiger partial charge is 0.478 e. The summed E-state index contributed by atoms with van der Waals surface area (Å²) in [5, 5.41) is 19.5. The lowest BCUT2D eigenvalue weighted by Crippen LogP contribution is -2.16. The highest BCUT2D eigenvalue weighted by Gasteiger charge is 2.20. The third kappa shape index (κ3) is 3.78. The minimum Gasteiger partial charge on any atom is -0.478 e. The van der Waals surface area contributed by atoms with Crippen LogP contribution in [-0.4, -0.2) is 30.2 Å². The lowest BCUT2D eigenvalue weighted by atomic mass is 10.2. The molecule has 0 radical (unpaired) electrons. The van der Waals surface area contributed by atoms with Crippen LogP contribution in [0.2, 0.25) is 0 Å². The molecule has 1 rings (SSSR count). The number of nitro groups is 1. The van der Waals surface area contributed by atoms with Gasteiger partial charge in [-0.15, -0.1) is 6.58 Å². The molecular weight excluding hydrogens is 276 g/mol. The number of carboxylic acids is 1. The normalized spacial score (nSPS) is 10.7. The number of aromatic carboxylic acids is 1. The summed E-state index contributed by atoms with van der Waals surface area (Å²) in [5.41, 5.74) is -1.23. The maximum Gasteiger partial charge on any atom is 0.335 e. The molecule has 9 heteroatoms. The molecule has 0 aliphatic rings. The number of benzene rings is 1. The van der Waals surface area contributed by atoms with Crippen LogP contribution in [0.1, 0.15) is 10.4 Å². The standard InChI is InChI=1S/C10H10N2O6S/c1-2-5-19(17,18)11-8-4-3-7(10(13)14)6-9(8)12(15)16/h2-4,6,11H,1,5H2,(H,13,14). The Bertz CT molecular complexity index is 637. The molecule has 1 aromatic carbocycles. The van der Waals surface area contributed by atoms with E-state index in [9.17, 15) is 23.3 Å². The van der Waals surface area contributed by atoms with E-state index in [0.717, 1.165) is 24.3 Å². The molecule has 0 saturated heterocycles. The SMILES string of the molecule is C=CCS(=O)(=O)Nc1ccc(C(=O)O)cc1[N+](=O)[O-]. The molecular formula is C10H10N2O6S. The van der Waals surface area contributed by atoms with Gasteiger partial charge in [-0.25, -0.2) is 13.2 Å². The first kappa shape index (κ1) is 14.6. The Hall–Kier alpha value is -2.42. The van der Waals surface area contributed by atoms with Gasteiger partial charge in [0, 0.05) is 6.07 Å². The molecule has 0 spiro atoms. The summed E-state index contributed by atoms with van der Waals surface area (Å²) in [7, 11) is -3.79. The summed E-state index contributed by atoms with van der Waals surface area (Å²) in [6, 6.07) is 2.89. The minimum absolute atomic E-state index is 0.295. The quantitative estimate of drug-likeness (QED) is 0.460. The van der Waals surface area contributed by atoms with E-state index >= 15 is 0 Å². The van der Waals surface area contributed by atoms with E-state index in [4.69, 9.17) is 5.11 Å². The average Bonchev–Trinajstić information content (AvgIpc) is 2.27. The average molecular weight is 286 g/mol. The van der Waals surface area contributed by atoms with Crippen molar-refractivity contribution in [2.75, 3.05) is 10.5 Å². The van der Waals surface area contributed by atoms with Crippen LogP contribution < -0.4 is 4.72 Å². The van der Waals surface area contributed by atoms with Crippen molar-refractivity contribution < 1.29 is 23.2 Å². The van der Waals surface area contributed by atoms with Crippen LogP contribution in [0.4, 0.5) is 11.4 Å². The smallest absolute Gasteiger partial charge is 0.335 e. The van der Waals surface area contributed by atoms with Gasteiger partial charge in [0.2, 0.25) is 10.0 Å². The molecule has 0 aromatic heterocycles. The monoisotopic (exact) mass is 286 g/mol. The molecule has 19 heavy (non-hydrogen) atoms. The molecule has 2 N–H and O–H groups in total. The zero-order chi connectivity index (χ0) is 14.6. The topological polar surface area (TPSA) is 127 Å². The van der Waals surface area contributed by atoms with Gasteiger partial charge in [0.15, 0.2) is 0 Å². The zero-order valence-corrected chi connectivity index (χ0v) is 10.4. The van der Waals surface area contributed by atoms with Crippen LogP contribution in [-0.2, 0) is 10.0 Å². The van der Waals surface area contributed by atoms with E-state index in [0.29, 0.717) is 0 Å². The van der Waals surface area contributed by atoms with Gasteiger partial charge in [-0.05, 0) is 12.1 Å². The summed E-state index contributed by atoms with van der Waals surface area (Å²) < 4.78 is 24.9. The Morgan fingerprint density at radius 1 is 1.53 bits per heavy atom. The number of hydrogen-bond donors (Lipinski definition) is 2. The van der Waals surface area contributed by atoms with E-state index in [2.05, 4.69) is 6.58 Å². The molecule has 0 amide bonds. The van der Waals surface area contributed by atoms with Gasteiger partial charge in [-0.1, -0.05) is 6.08 Å². The highest BCUT2D eigenvalue weighted by molar-refractivity contribution is 7.92. The maximum absolute atomic E-state index is 11.5. The second-order valence-electron chi connectivity index (χ2n) is 3.47. The van der Waals surface area contributed by atoms with Crippen molar-refractivity contribution in [1.82, 2.24) is 0 Å². The number of nitro benzene ring substituents is 1. The van der Waals surface area contributed by atoms with Gasteiger partial charge in [-0.3, -0.25) is 14.8 Å². The third-order valence-corrected chi connectivity index (χ3v) is 3.25. The van der Waals surface area contributed by atoms with E-state index in [1.165, 1.54) is 0 Å². The number of anilines is 1. The lowest BCUT2D eigenvalue weighted by Gasteiger charge is -2.07. The molecule has 102 valence electrons. The number of hydrogen-bond acceptors (Lipinski definition) is 5. The van der Waals surface area contributed by atoms with Crippen LogP contribution in [0, 0.1) is 10.1 Å². The first-order chi connectivity index (χ1) is 8.76. The predicted octanol–water partition coefficient (Wildman–Crippen LogP) is 1.22. The molecule has 0 atom stereocenters. The van der Waals surface area contributed by atoms with Gasteiger partial charge < -0.3 is 5.11 Å². The van der Waals surface area contributed by atoms with Crippen molar-refractivity contribution in [1.29, 1.82) is 0 Å². The third-order valence-electron chi connectivity index (χ3n) is 2.04. The lowest BCUT2D eigenvalue weighted by molar-refractivity contribution is -0.383. The van der Waals surface area contributed by atoms with Crippen LogP contribution >= 0.6 is 0 Å².